The number of hydrogen-bond acceptors (Lipinski definition) is 5. The van der Waals surface area contributed by atoms with E-state index < -0.39 is 15.8 Å². The van der Waals surface area contributed by atoms with Crippen molar-refractivity contribution in [2.75, 3.05) is 31.2 Å². The zero-order valence-corrected chi connectivity index (χ0v) is 18.5. The first-order chi connectivity index (χ1) is 15.3. The number of piperazine rings is 1. The van der Waals surface area contributed by atoms with Crippen LogP contribution in [0.4, 0.5) is 10.1 Å². The number of hydrazone groups is 1. The molecule has 8 nitrogen and oxygen atoms in total. The molecule has 0 aliphatic carbocycles. The average Bonchev–Trinajstić information content (AvgIpc) is 2.80. The number of carbonyl (C=O) groups excluding carboxylic acids is 2. The summed E-state index contributed by atoms with van der Waals surface area (Å²) in [6, 6.07) is 11.2. The van der Waals surface area contributed by atoms with Crippen molar-refractivity contribution in [3.63, 3.8) is 0 Å². The topological polar surface area (TPSA) is 90.4 Å². The molecule has 0 N–H and O–H groups in total. The minimum atomic E-state index is -3.77. The molecule has 0 bridgehead atoms. The number of hydrogen-bond donors (Lipinski definition) is 0. The minimum absolute atomic E-state index is 0.00690. The van der Waals surface area contributed by atoms with Gasteiger partial charge in [-0.25, -0.2) is 17.8 Å². The van der Waals surface area contributed by atoms with E-state index in [1.165, 1.54) is 26.3 Å². The number of sulfonamides is 1. The Bertz CT molecular complexity index is 1160. The summed E-state index contributed by atoms with van der Waals surface area (Å²) in [7, 11) is -3.77. The molecule has 11 heteroatoms. The first-order valence-electron chi connectivity index (χ1n) is 9.97. The van der Waals surface area contributed by atoms with Crippen LogP contribution in [0.5, 0.6) is 0 Å². The number of nitrogens with zero attached hydrogens (tertiary/aromatic N) is 4. The van der Waals surface area contributed by atoms with Crippen LogP contribution in [0.15, 0.2) is 58.5 Å². The molecule has 4 rings (SSSR count). The average molecular weight is 479 g/mol. The Morgan fingerprint density at radius 2 is 1.56 bits per heavy atom. The molecule has 2 aromatic rings. The van der Waals surface area contributed by atoms with Crippen LogP contribution in [0.3, 0.4) is 0 Å². The Balaban J connectivity index is 1.45. The Kier molecular flexibility index (Phi) is 6.27. The summed E-state index contributed by atoms with van der Waals surface area (Å²) in [4.78, 5) is 26.8. The molecule has 0 saturated carbocycles. The van der Waals surface area contributed by atoms with Crippen LogP contribution in [0, 0.1) is 5.82 Å². The van der Waals surface area contributed by atoms with Crippen molar-refractivity contribution in [1.29, 1.82) is 0 Å². The van der Waals surface area contributed by atoms with E-state index in [1.54, 1.807) is 24.3 Å². The van der Waals surface area contributed by atoms with Gasteiger partial charge in [0.1, 0.15) is 11.5 Å². The van der Waals surface area contributed by atoms with Gasteiger partial charge in [-0.2, -0.15) is 9.41 Å². The van der Waals surface area contributed by atoms with Crippen LogP contribution in [0.1, 0.15) is 12.8 Å². The number of anilines is 1. The highest BCUT2D eigenvalue weighted by Crippen LogP contribution is 2.23. The Labute approximate surface area is 189 Å². The predicted molar refractivity (Wildman–Crippen MR) is 117 cm³/mol. The van der Waals surface area contributed by atoms with Gasteiger partial charge in [0, 0.05) is 44.0 Å². The second-order valence-electron chi connectivity index (χ2n) is 7.38. The Morgan fingerprint density at radius 1 is 0.938 bits per heavy atom. The zero-order chi connectivity index (χ0) is 22.9. The van der Waals surface area contributed by atoms with Gasteiger partial charge in [0.15, 0.2) is 0 Å². The Hall–Kier alpha value is -2.82. The van der Waals surface area contributed by atoms with Crippen molar-refractivity contribution in [3.8, 4) is 0 Å². The van der Waals surface area contributed by atoms with Crippen molar-refractivity contribution in [2.45, 2.75) is 17.7 Å². The van der Waals surface area contributed by atoms with E-state index in [-0.39, 0.29) is 61.4 Å². The molecule has 2 aliphatic heterocycles. The predicted octanol–water partition coefficient (Wildman–Crippen LogP) is 2.50. The van der Waals surface area contributed by atoms with Crippen LogP contribution in [0.25, 0.3) is 0 Å². The van der Waals surface area contributed by atoms with Gasteiger partial charge in [0.2, 0.25) is 15.9 Å². The molecular weight excluding hydrogens is 459 g/mol. The summed E-state index contributed by atoms with van der Waals surface area (Å²) in [5.41, 5.74) is 0.758. The summed E-state index contributed by atoms with van der Waals surface area (Å²) in [5.74, 6) is -1.06. The van der Waals surface area contributed by atoms with E-state index in [0.717, 1.165) is 12.1 Å². The van der Waals surface area contributed by atoms with E-state index >= 15 is 0 Å². The van der Waals surface area contributed by atoms with Crippen LogP contribution >= 0.6 is 11.6 Å². The maximum atomic E-state index is 13.1. The molecule has 0 spiro atoms. The number of rotatable bonds is 4. The monoisotopic (exact) mass is 478 g/mol. The summed E-state index contributed by atoms with van der Waals surface area (Å²) in [5, 5.41) is 5.98. The number of amides is 2. The van der Waals surface area contributed by atoms with Gasteiger partial charge >= 0.3 is 0 Å². The quantitative estimate of drug-likeness (QED) is 0.675. The minimum Gasteiger partial charge on any atom is -0.335 e. The lowest BCUT2D eigenvalue weighted by molar-refractivity contribution is -0.125. The molecule has 0 atom stereocenters. The lowest BCUT2D eigenvalue weighted by Gasteiger charge is -2.35. The maximum absolute atomic E-state index is 13.1. The van der Waals surface area contributed by atoms with Gasteiger partial charge in [-0.3, -0.25) is 9.59 Å². The lowest BCUT2D eigenvalue weighted by Crippen LogP contribution is -2.52. The standard InChI is InChI=1S/C21H20ClFN4O4S/c22-15-1-5-17(6-2-15)27-20(28)10-9-19(24-27)21(29)25-11-13-26(14-12-25)32(30,31)18-7-3-16(23)4-8-18/h1-8H,9-14H2. The molecule has 2 heterocycles. The molecule has 1 fully saturated rings. The van der Waals surface area contributed by atoms with Gasteiger partial charge in [-0.05, 0) is 48.5 Å². The van der Waals surface area contributed by atoms with Crippen molar-refractivity contribution in [2.24, 2.45) is 5.10 Å². The molecule has 0 unspecified atom stereocenters. The van der Waals surface area contributed by atoms with Gasteiger partial charge in [0.05, 0.1) is 10.6 Å². The number of halogens is 2. The second-order valence-corrected chi connectivity index (χ2v) is 9.75. The molecule has 1 saturated heterocycles. The van der Waals surface area contributed by atoms with Crippen molar-refractivity contribution in [1.82, 2.24) is 9.21 Å². The van der Waals surface area contributed by atoms with Crippen molar-refractivity contribution < 1.29 is 22.4 Å². The van der Waals surface area contributed by atoms with Crippen molar-refractivity contribution in [3.05, 3.63) is 59.4 Å². The SMILES string of the molecule is O=C(C1=NN(c2ccc(Cl)cc2)C(=O)CC1)N1CCN(S(=O)(=O)c2ccc(F)cc2)CC1. The molecule has 2 aromatic carbocycles. The molecule has 2 amide bonds. The second kappa shape index (κ2) is 8.97. The van der Waals surface area contributed by atoms with Gasteiger partial charge < -0.3 is 4.90 Å². The van der Waals surface area contributed by atoms with E-state index in [2.05, 4.69) is 5.10 Å². The first-order valence-corrected chi connectivity index (χ1v) is 11.8. The smallest absolute Gasteiger partial charge is 0.270 e. The number of benzene rings is 2. The molecular formula is C21H20ClFN4O4S. The van der Waals surface area contributed by atoms with Crippen LogP contribution < -0.4 is 5.01 Å². The van der Waals surface area contributed by atoms with Gasteiger partial charge in [-0.1, -0.05) is 11.6 Å². The third-order valence-electron chi connectivity index (χ3n) is 5.33. The largest absolute Gasteiger partial charge is 0.335 e. The summed E-state index contributed by atoms with van der Waals surface area (Å²) < 4.78 is 39.9. The fourth-order valence-corrected chi connectivity index (χ4v) is 5.11. The normalized spacial score (nSPS) is 17.9. The summed E-state index contributed by atoms with van der Waals surface area (Å²) >= 11 is 5.89. The highest BCUT2D eigenvalue weighted by Gasteiger charge is 2.33. The van der Waals surface area contributed by atoms with Crippen LogP contribution in [-0.4, -0.2) is 61.3 Å². The van der Waals surface area contributed by atoms with Crippen LogP contribution in [-0.2, 0) is 19.6 Å². The molecule has 2 aliphatic rings. The fraction of sp³-hybridized carbons (Fsp3) is 0.286. The highest BCUT2D eigenvalue weighted by atomic mass is 35.5. The summed E-state index contributed by atoms with van der Waals surface area (Å²) in [6.45, 7) is 0.595. The van der Waals surface area contributed by atoms with Crippen molar-refractivity contribution >= 4 is 44.8 Å². The first kappa shape index (κ1) is 22.4. The molecule has 32 heavy (non-hydrogen) atoms. The van der Waals surface area contributed by atoms with E-state index in [9.17, 15) is 22.4 Å². The van der Waals surface area contributed by atoms with Crippen LogP contribution in [0.2, 0.25) is 5.02 Å². The van der Waals surface area contributed by atoms with Gasteiger partial charge in [0.25, 0.3) is 5.91 Å². The summed E-state index contributed by atoms with van der Waals surface area (Å²) in [6.07, 6.45) is 0.363. The van der Waals surface area contributed by atoms with E-state index in [1.807, 2.05) is 0 Å². The van der Waals surface area contributed by atoms with E-state index in [0.29, 0.717) is 10.7 Å². The molecule has 0 aromatic heterocycles. The highest BCUT2D eigenvalue weighted by molar-refractivity contribution is 7.89. The van der Waals surface area contributed by atoms with E-state index in [4.69, 9.17) is 11.6 Å². The Morgan fingerprint density at radius 3 is 2.19 bits per heavy atom. The molecule has 0 radical (unpaired) electrons. The number of carbonyl (C=O) groups is 2. The van der Waals surface area contributed by atoms with Gasteiger partial charge in [-0.15, -0.1) is 0 Å². The zero-order valence-electron chi connectivity index (χ0n) is 16.9. The fourth-order valence-electron chi connectivity index (χ4n) is 3.56. The molecule has 168 valence electrons. The lowest BCUT2D eigenvalue weighted by atomic mass is 10.1. The maximum Gasteiger partial charge on any atom is 0.270 e. The third kappa shape index (κ3) is 4.52. The third-order valence-corrected chi connectivity index (χ3v) is 7.49.